The zero-order valence-corrected chi connectivity index (χ0v) is 35.8. The molecular weight excluding hydrogens is 713 g/mol. The smallest absolute Gasteiger partial charge is 0.462 e. The van der Waals surface area contributed by atoms with Crippen LogP contribution in [0, 0.1) is 0 Å². The molecule has 0 spiro atoms. The summed E-state index contributed by atoms with van der Waals surface area (Å²) in [5.41, 5.74) is 5.34. The van der Waals surface area contributed by atoms with Gasteiger partial charge in [0.1, 0.15) is 6.61 Å². The summed E-state index contributed by atoms with van der Waals surface area (Å²) < 4.78 is 32.7. The summed E-state index contributed by atoms with van der Waals surface area (Å²) in [6.45, 7) is 3.63. The number of carbonyl (C=O) groups excluding carboxylic acids is 2. The van der Waals surface area contributed by atoms with Gasteiger partial charge in [0.05, 0.1) is 13.2 Å². The van der Waals surface area contributed by atoms with Gasteiger partial charge in [0, 0.05) is 19.4 Å². The molecule has 0 aliphatic heterocycles. The fraction of sp³-hybridized carbons (Fsp3) is 0.733. The largest absolute Gasteiger partial charge is 0.472 e. The van der Waals surface area contributed by atoms with E-state index in [4.69, 9.17) is 24.3 Å². The molecule has 0 aromatic carbocycles. The molecule has 0 fully saturated rings. The number of allylic oxidation sites excluding steroid dienone is 10. The summed E-state index contributed by atoms with van der Waals surface area (Å²) in [7, 11) is -4.39. The average molecular weight is 794 g/mol. The molecule has 0 heterocycles. The summed E-state index contributed by atoms with van der Waals surface area (Å²) in [5, 5.41) is 0. The van der Waals surface area contributed by atoms with Crippen LogP contribution in [0.1, 0.15) is 181 Å². The molecule has 0 aromatic rings. The monoisotopic (exact) mass is 794 g/mol. The number of rotatable bonds is 40. The summed E-state index contributed by atoms with van der Waals surface area (Å²) in [5.74, 6) is -0.916. The van der Waals surface area contributed by atoms with Gasteiger partial charge in [0.15, 0.2) is 6.10 Å². The molecule has 318 valence electrons. The maximum Gasteiger partial charge on any atom is 0.472 e. The lowest BCUT2D eigenvalue weighted by atomic mass is 10.1. The Morgan fingerprint density at radius 1 is 0.545 bits per heavy atom. The summed E-state index contributed by atoms with van der Waals surface area (Å²) in [4.78, 5) is 34.8. The highest BCUT2D eigenvalue weighted by molar-refractivity contribution is 7.47. The third kappa shape index (κ3) is 41.2. The average Bonchev–Trinajstić information content (AvgIpc) is 3.17. The number of hydrogen-bond donors (Lipinski definition) is 2. The minimum absolute atomic E-state index is 0.0417. The summed E-state index contributed by atoms with van der Waals surface area (Å²) in [6.07, 6.45) is 48.4. The van der Waals surface area contributed by atoms with E-state index in [0.717, 1.165) is 51.4 Å². The van der Waals surface area contributed by atoms with Crippen molar-refractivity contribution in [1.29, 1.82) is 0 Å². The van der Waals surface area contributed by atoms with Gasteiger partial charge in [0.2, 0.25) is 0 Å². The maximum atomic E-state index is 12.5. The van der Waals surface area contributed by atoms with E-state index in [1.54, 1.807) is 0 Å². The molecule has 10 heteroatoms. The van der Waals surface area contributed by atoms with Crippen LogP contribution in [0.3, 0.4) is 0 Å². The molecule has 0 aliphatic rings. The minimum atomic E-state index is -4.39. The molecule has 0 aliphatic carbocycles. The lowest BCUT2D eigenvalue weighted by Crippen LogP contribution is -2.29. The van der Waals surface area contributed by atoms with Crippen molar-refractivity contribution < 1.29 is 37.6 Å². The number of phosphoric ester groups is 1. The second kappa shape index (κ2) is 41.3. The number of phosphoric acid groups is 1. The van der Waals surface area contributed by atoms with Crippen molar-refractivity contribution in [2.75, 3.05) is 26.4 Å². The Labute approximate surface area is 336 Å². The Morgan fingerprint density at radius 2 is 0.964 bits per heavy atom. The topological polar surface area (TPSA) is 134 Å². The molecule has 0 saturated carbocycles. The van der Waals surface area contributed by atoms with E-state index in [0.29, 0.717) is 12.8 Å². The molecule has 0 rings (SSSR count). The van der Waals surface area contributed by atoms with Gasteiger partial charge in [-0.1, -0.05) is 152 Å². The van der Waals surface area contributed by atoms with Crippen molar-refractivity contribution in [2.24, 2.45) is 5.73 Å². The predicted molar refractivity (Wildman–Crippen MR) is 229 cm³/mol. The Morgan fingerprint density at radius 3 is 1.47 bits per heavy atom. The van der Waals surface area contributed by atoms with Crippen LogP contribution in [0.5, 0.6) is 0 Å². The highest BCUT2D eigenvalue weighted by atomic mass is 31.2. The standard InChI is InChI=1S/C45H80NO8P/c1-3-5-7-9-11-13-15-17-18-19-20-21-22-23-24-26-27-29-31-33-35-37-44(47)51-41-43(42-53-55(49,50)52-40-39-46)54-45(48)38-36-34-32-30-28-25-16-14-12-10-8-6-4-2/h18-19,21-22,24-26,28-29,31,43H,3-17,20,23,27,30,32-42,46H2,1-2H3,(H,49,50)/b19-18+,22-21+,26-24+,28-25+,31-29+/t43-/m0/s1. The van der Waals surface area contributed by atoms with Gasteiger partial charge in [-0.15, -0.1) is 0 Å². The zero-order valence-electron chi connectivity index (χ0n) is 34.9. The number of ether oxygens (including phenoxy) is 2. The molecule has 2 atom stereocenters. The Bertz CT molecular complexity index is 1090. The molecule has 0 amide bonds. The first-order valence-corrected chi connectivity index (χ1v) is 23.3. The minimum Gasteiger partial charge on any atom is -0.462 e. The van der Waals surface area contributed by atoms with Gasteiger partial charge in [-0.05, 0) is 77.0 Å². The van der Waals surface area contributed by atoms with E-state index in [1.807, 2.05) is 0 Å². The second-order valence-corrected chi connectivity index (χ2v) is 15.7. The highest BCUT2D eigenvalue weighted by Crippen LogP contribution is 2.43. The Balaban J connectivity index is 4.26. The van der Waals surface area contributed by atoms with Crippen molar-refractivity contribution in [1.82, 2.24) is 0 Å². The van der Waals surface area contributed by atoms with Gasteiger partial charge in [-0.3, -0.25) is 18.6 Å². The van der Waals surface area contributed by atoms with Crippen LogP contribution in [-0.4, -0.2) is 49.3 Å². The van der Waals surface area contributed by atoms with Gasteiger partial charge >= 0.3 is 19.8 Å². The highest BCUT2D eigenvalue weighted by Gasteiger charge is 2.25. The Kier molecular flexibility index (Phi) is 39.6. The molecule has 1 unspecified atom stereocenters. The van der Waals surface area contributed by atoms with Crippen molar-refractivity contribution in [3.63, 3.8) is 0 Å². The number of unbranched alkanes of at least 4 members (excludes halogenated alkanes) is 17. The summed E-state index contributed by atoms with van der Waals surface area (Å²) >= 11 is 0. The fourth-order valence-corrected chi connectivity index (χ4v) is 6.39. The first-order chi connectivity index (χ1) is 26.8. The van der Waals surface area contributed by atoms with Crippen molar-refractivity contribution in [3.05, 3.63) is 60.8 Å². The molecule has 55 heavy (non-hydrogen) atoms. The van der Waals surface area contributed by atoms with E-state index >= 15 is 0 Å². The zero-order chi connectivity index (χ0) is 40.3. The second-order valence-electron chi connectivity index (χ2n) is 14.2. The van der Waals surface area contributed by atoms with Crippen LogP contribution in [0.4, 0.5) is 0 Å². The molecule has 0 aromatic heterocycles. The van der Waals surface area contributed by atoms with Gasteiger partial charge in [-0.25, -0.2) is 4.57 Å². The van der Waals surface area contributed by atoms with E-state index in [9.17, 15) is 19.0 Å². The quantitative estimate of drug-likeness (QED) is 0.0269. The number of carbonyl (C=O) groups is 2. The number of esters is 2. The molecular formula is C45H80NO8P. The SMILES string of the molecule is CCCCCCCC/C=C/CCCCCC(=O)O[C@@H](COC(=O)CCC/C=C/C/C=C/C/C=C/C/C=C/CCCCCCCCC)COP(=O)(O)OCCN. The number of hydrogen-bond acceptors (Lipinski definition) is 8. The first kappa shape index (κ1) is 52.7. The van der Waals surface area contributed by atoms with Gasteiger partial charge in [0.25, 0.3) is 0 Å². The van der Waals surface area contributed by atoms with Crippen molar-refractivity contribution >= 4 is 19.8 Å². The fourth-order valence-electron chi connectivity index (χ4n) is 5.62. The van der Waals surface area contributed by atoms with Gasteiger partial charge in [-0.2, -0.15) is 0 Å². The van der Waals surface area contributed by atoms with Gasteiger partial charge < -0.3 is 20.1 Å². The lowest BCUT2D eigenvalue weighted by molar-refractivity contribution is -0.161. The van der Waals surface area contributed by atoms with Crippen molar-refractivity contribution in [3.8, 4) is 0 Å². The van der Waals surface area contributed by atoms with E-state index < -0.39 is 32.5 Å². The molecule has 0 bridgehead atoms. The molecule has 0 saturated heterocycles. The van der Waals surface area contributed by atoms with Crippen LogP contribution in [0.2, 0.25) is 0 Å². The summed E-state index contributed by atoms with van der Waals surface area (Å²) in [6, 6.07) is 0. The van der Waals surface area contributed by atoms with Crippen LogP contribution in [0.15, 0.2) is 60.8 Å². The third-order valence-corrected chi connectivity index (χ3v) is 9.86. The van der Waals surface area contributed by atoms with Crippen LogP contribution >= 0.6 is 7.82 Å². The first-order valence-electron chi connectivity index (χ1n) is 21.8. The molecule has 3 N–H and O–H groups in total. The number of nitrogens with two attached hydrogens (primary N) is 1. The van der Waals surface area contributed by atoms with Crippen LogP contribution in [0.25, 0.3) is 0 Å². The maximum absolute atomic E-state index is 12.5. The Hall–Kier alpha value is -2.29. The third-order valence-electron chi connectivity index (χ3n) is 8.88. The normalized spacial score (nSPS) is 13.9. The van der Waals surface area contributed by atoms with E-state index in [-0.39, 0.29) is 32.6 Å². The van der Waals surface area contributed by atoms with E-state index in [1.165, 1.54) is 89.9 Å². The molecule has 0 radical (unpaired) electrons. The molecule has 9 nitrogen and oxygen atoms in total. The van der Waals surface area contributed by atoms with Crippen molar-refractivity contribution in [2.45, 2.75) is 187 Å². The van der Waals surface area contributed by atoms with E-state index in [2.05, 4.69) is 74.6 Å². The van der Waals surface area contributed by atoms with Crippen LogP contribution in [-0.2, 0) is 32.7 Å². The van der Waals surface area contributed by atoms with Crippen LogP contribution < -0.4 is 5.73 Å². The lowest BCUT2D eigenvalue weighted by Gasteiger charge is -2.19. The predicted octanol–water partition coefficient (Wildman–Crippen LogP) is 12.5.